The Hall–Kier alpha value is -1.96. The van der Waals surface area contributed by atoms with Crippen molar-refractivity contribution in [2.75, 3.05) is 6.61 Å². The van der Waals surface area contributed by atoms with Gasteiger partial charge in [0.2, 0.25) is 0 Å². The lowest BCUT2D eigenvalue weighted by Gasteiger charge is -2.05. The van der Waals surface area contributed by atoms with E-state index in [1.165, 1.54) is 4.68 Å². The van der Waals surface area contributed by atoms with Gasteiger partial charge in [0.25, 0.3) is 0 Å². The predicted molar refractivity (Wildman–Crippen MR) is 73.2 cm³/mol. The standard InChI is InChI=1S/C12H12ClN5O2/c13-9-3-15-12-8(1-2-14-12)11(9)10-5-18(17-16-10)4-7(20)6-19/h1-3,5,7,19-20H,4,6H2,(H,14,15)/t7-/m0/s1. The molecule has 3 N–H and O–H groups in total. The van der Waals surface area contributed by atoms with Crippen LogP contribution in [0.2, 0.25) is 5.02 Å². The fraction of sp³-hybridized carbons (Fsp3) is 0.250. The van der Waals surface area contributed by atoms with Gasteiger partial charge in [-0.3, -0.25) is 0 Å². The lowest BCUT2D eigenvalue weighted by molar-refractivity contribution is 0.0778. The minimum atomic E-state index is -0.871. The van der Waals surface area contributed by atoms with Crippen LogP contribution in [0.4, 0.5) is 0 Å². The number of aromatic nitrogens is 5. The van der Waals surface area contributed by atoms with E-state index in [9.17, 15) is 5.11 Å². The Bertz CT molecular complexity index is 738. The highest BCUT2D eigenvalue weighted by Crippen LogP contribution is 2.32. The number of hydrogen-bond acceptors (Lipinski definition) is 5. The molecule has 104 valence electrons. The van der Waals surface area contributed by atoms with Crippen LogP contribution in [-0.4, -0.2) is 47.9 Å². The minimum Gasteiger partial charge on any atom is -0.394 e. The molecule has 8 heteroatoms. The molecule has 0 aliphatic carbocycles. The van der Waals surface area contributed by atoms with E-state index in [4.69, 9.17) is 16.7 Å². The first-order valence-electron chi connectivity index (χ1n) is 6.00. The zero-order valence-corrected chi connectivity index (χ0v) is 11.1. The van der Waals surface area contributed by atoms with Crippen molar-refractivity contribution in [1.82, 2.24) is 25.0 Å². The zero-order chi connectivity index (χ0) is 14.1. The highest BCUT2D eigenvalue weighted by atomic mass is 35.5. The van der Waals surface area contributed by atoms with Crippen LogP contribution in [-0.2, 0) is 6.54 Å². The molecule has 3 aromatic rings. The van der Waals surface area contributed by atoms with Gasteiger partial charge < -0.3 is 15.2 Å². The molecule has 0 saturated carbocycles. The zero-order valence-electron chi connectivity index (χ0n) is 10.4. The van der Waals surface area contributed by atoms with Gasteiger partial charge in [0.05, 0.1) is 30.5 Å². The van der Waals surface area contributed by atoms with Crippen LogP contribution < -0.4 is 0 Å². The number of nitrogens with one attached hydrogen (secondary N) is 1. The summed E-state index contributed by atoms with van der Waals surface area (Å²) in [5.41, 5.74) is 2.05. The molecule has 0 aromatic carbocycles. The molecule has 0 aliphatic heterocycles. The van der Waals surface area contributed by atoms with E-state index in [1.807, 2.05) is 6.07 Å². The maximum Gasteiger partial charge on any atom is 0.138 e. The van der Waals surface area contributed by atoms with Gasteiger partial charge in [-0.2, -0.15) is 0 Å². The van der Waals surface area contributed by atoms with Crippen LogP contribution in [0.15, 0.2) is 24.7 Å². The van der Waals surface area contributed by atoms with Gasteiger partial charge in [-0.25, -0.2) is 9.67 Å². The number of halogens is 1. The summed E-state index contributed by atoms with van der Waals surface area (Å²) in [6, 6.07) is 1.87. The first kappa shape index (κ1) is 13.0. The fourth-order valence-electron chi connectivity index (χ4n) is 2.02. The van der Waals surface area contributed by atoms with Crippen molar-refractivity contribution in [3.63, 3.8) is 0 Å². The molecule has 0 saturated heterocycles. The highest BCUT2D eigenvalue weighted by Gasteiger charge is 2.14. The smallest absolute Gasteiger partial charge is 0.138 e. The van der Waals surface area contributed by atoms with Crippen LogP contribution in [0, 0.1) is 0 Å². The van der Waals surface area contributed by atoms with Crippen molar-refractivity contribution in [1.29, 1.82) is 0 Å². The lowest BCUT2D eigenvalue weighted by Crippen LogP contribution is -2.20. The van der Waals surface area contributed by atoms with E-state index in [-0.39, 0.29) is 13.2 Å². The molecule has 3 heterocycles. The maximum atomic E-state index is 9.40. The largest absolute Gasteiger partial charge is 0.394 e. The summed E-state index contributed by atoms with van der Waals surface area (Å²) in [5.74, 6) is 0. The Morgan fingerprint density at radius 1 is 1.45 bits per heavy atom. The molecule has 0 radical (unpaired) electrons. The quantitative estimate of drug-likeness (QED) is 0.661. The fourth-order valence-corrected chi connectivity index (χ4v) is 2.27. The van der Waals surface area contributed by atoms with Crippen LogP contribution in [0.3, 0.4) is 0 Å². The van der Waals surface area contributed by atoms with Crippen molar-refractivity contribution in [2.24, 2.45) is 0 Å². The molecule has 1 atom stereocenters. The topological polar surface area (TPSA) is 99.8 Å². The summed E-state index contributed by atoms with van der Waals surface area (Å²) in [6.45, 7) is -0.157. The number of aliphatic hydroxyl groups is 2. The molecule has 0 amide bonds. The average molecular weight is 294 g/mol. The first-order valence-corrected chi connectivity index (χ1v) is 6.38. The van der Waals surface area contributed by atoms with Crippen LogP contribution >= 0.6 is 11.6 Å². The van der Waals surface area contributed by atoms with E-state index in [0.29, 0.717) is 16.4 Å². The summed E-state index contributed by atoms with van der Waals surface area (Å²) >= 11 is 6.19. The molecule has 3 rings (SSSR count). The summed E-state index contributed by atoms with van der Waals surface area (Å²) < 4.78 is 1.46. The van der Waals surface area contributed by atoms with Gasteiger partial charge in [-0.15, -0.1) is 5.10 Å². The Labute approximate surface area is 118 Å². The van der Waals surface area contributed by atoms with E-state index in [2.05, 4.69) is 20.3 Å². The molecular formula is C12H12ClN5O2. The molecule has 0 fully saturated rings. The SMILES string of the molecule is OC[C@@H](O)Cn1cc(-c2c(Cl)cnc3[nH]ccc23)nn1. The molecule has 7 nitrogen and oxygen atoms in total. The number of aromatic amines is 1. The van der Waals surface area contributed by atoms with Gasteiger partial charge in [0, 0.05) is 23.3 Å². The third-order valence-corrected chi connectivity index (χ3v) is 3.23. The summed E-state index contributed by atoms with van der Waals surface area (Å²) in [5, 5.41) is 27.5. The second-order valence-electron chi connectivity index (χ2n) is 4.38. The number of fused-ring (bicyclic) bond motifs is 1. The predicted octanol–water partition coefficient (Wildman–Crippen LogP) is 0.828. The van der Waals surface area contributed by atoms with Crippen LogP contribution in [0.25, 0.3) is 22.3 Å². The van der Waals surface area contributed by atoms with Crippen molar-refractivity contribution in [2.45, 2.75) is 12.6 Å². The van der Waals surface area contributed by atoms with Gasteiger partial charge >= 0.3 is 0 Å². The third-order valence-electron chi connectivity index (χ3n) is 2.94. The average Bonchev–Trinajstić information content (AvgIpc) is 3.07. The van der Waals surface area contributed by atoms with Gasteiger partial charge in [0.1, 0.15) is 11.3 Å². The van der Waals surface area contributed by atoms with Gasteiger partial charge in [-0.1, -0.05) is 16.8 Å². The second-order valence-corrected chi connectivity index (χ2v) is 4.79. The lowest BCUT2D eigenvalue weighted by atomic mass is 10.1. The Morgan fingerprint density at radius 2 is 2.30 bits per heavy atom. The van der Waals surface area contributed by atoms with E-state index >= 15 is 0 Å². The molecule has 0 bridgehead atoms. The highest BCUT2D eigenvalue weighted by molar-refractivity contribution is 6.34. The second kappa shape index (κ2) is 5.20. The number of aliphatic hydroxyl groups excluding tert-OH is 2. The minimum absolute atomic E-state index is 0.169. The van der Waals surface area contributed by atoms with Crippen molar-refractivity contribution in [3.05, 3.63) is 29.7 Å². The van der Waals surface area contributed by atoms with Crippen molar-refractivity contribution < 1.29 is 10.2 Å². The van der Waals surface area contributed by atoms with E-state index < -0.39 is 6.10 Å². The van der Waals surface area contributed by atoms with Gasteiger partial charge in [-0.05, 0) is 6.07 Å². The van der Waals surface area contributed by atoms with E-state index in [0.717, 1.165) is 10.9 Å². The Kier molecular flexibility index (Phi) is 3.39. The Balaban J connectivity index is 2.03. The molecule has 0 aliphatic rings. The molecular weight excluding hydrogens is 282 g/mol. The maximum absolute atomic E-state index is 9.40. The summed E-state index contributed by atoms with van der Waals surface area (Å²) in [6.07, 6.45) is 4.13. The van der Waals surface area contributed by atoms with E-state index in [1.54, 1.807) is 18.6 Å². The van der Waals surface area contributed by atoms with Crippen LogP contribution in [0.1, 0.15) is 0 Å². The summed E-state index contributed by atoms with van der Waals surface area (Å²) in [7, 11) is 0. The first-order chi connectivity index (χ1) is 9.69. The number of pyridine rings is 1. The van der Waals surface area contributed by atoms with Crippen LogP contribution in [0.5, 0.6) is 0 Å². The van der Waals surface area contributed by atoms with Crippen molar-refractivity contribution in [3.8, 4) is 11.3 Å². The third kappa shape index (κ3) is 2.26. The molecule has 0 spiro atoms. The number of H-pyrrole nitrogens is 1. The molecule has 20 heavy (non-hydrogen) atoms. The number of hydrogen-bond donors (Lipinski definition) is 3. The molecule has 0 unspecified atom stereocenters. The van der Waals surface area contributed by atoms with Gasteiger partial charge in [0.15, 0.2) is 0 Å². The molecule has 3 aromatic heterocycles. The Morgan fingerprint density at radius 3 is 3.10 bits per heavy atom. The monoisotopic (exact) mass is 293 g/mol. The van der Waals surface area contributed by atoms with Crippen molar-refractivity contribution >= 4 is 22.6 Å². The normalized spacial score (nSPS) is 12.9. The number of rotatable bonds is 4. The summed E-state index contributed by atoms with van der Waals surface area (Å²) in [4.78, 5) is 7.19. The number of nitrogens with zero attached hydrogens (tertiary/aromatic N) is 4.